The van der Waals surface area contributed by atoms with E-state index in [1.54, 1.807) is 25.5 Å². The topological polar surface area (TPSA) is 113 Å². The van der Waals surface area contributed by atoms with Gasteiger partial charge in [-0.25, -0.2) is 9.78 Å². The molecule has 1 unspecified atom stereocenters. The molecule has 0 saturated carbocycles. The lowest BCUT2D eigenvalue weighted by atomic mass is 10.0. The Morgan fingerprint density at radius 2 is 2.03 bits per heavy atom. The minimum Gasteiger partial charge on any atom is -0.387 e. The summed E-state index contributed by atoms with van der Waals surface area (Å²) < 4.78 is 0.915. The van der Waals surface area contributed by atoms with E-state index >= 15 is 0 Å². The van der Waals surface area contributed by atoms with Gasteiger partial charge in [-0.2, -0.15) is 0 Å². The van der Waals surface area contributed by atoms with Crippen LogP contribution in [0.4, 0.5) is 9.93 Å². The van der Waals surface area contributed by atoms with Crippen LogP contribution in [0.5, 0.6) is 0 Å². The maximum Gasteiger partial charge on any atom is 0.321 e. The minimum atomic E-state index is -0.681. The van der Waals surface area contributed by atoms with E-state index in [0.29, 0.717) is 23.1 Å². The van der Waals surface area contributed by atoms with E-state index < -0.39 is 6.10 Å². The fourth-order valence-corrected chi connectivity index (χ4v) is 3.91. The molecule has 4 rings (SSSR count). The predicted octanol–water partition coefficient (Wildman–Crippen LogP) is 4.01. The molecule has 0 saturated heterocycles. The van der Waals surface area contributed by atoms with Crippen LogP contribution in [0.25, 0.3) is 32.7 Å². The third-order valence-corrected chi connectivity index (χ3v) is 5.40. The molecule has 0 aliphatic carbocycles. The highest BCUT2D eigenvalue weighted by Crippen LogP contribution is 2.37. The van der Waals surface area contributed by atoms with Crippen molar-refractivity contribution in [2.75, 3.05) is 11.9 Å². The number of carbonyl (C=O) groups is 1. The van der Waals surface area contributed by atoms with E-state index in [1.165, 1.54) is 11.3 Å². The third kappa shape index (κ3) is 4.12. The summed E-state index contributed by atoms with van der Waals surface area (Å²) in [5, 5.41) is 15.6. The molecule has 152 valence electrons. The number of amides is 2. The molecule has 8 nitrogen and oxygen atoms in total. The normalized spacial score (nSPS) is 12.0. The number of nitrogens with zero attached hydrogens (tertiary/aromatic N) is 4. The van der Waals surface area contributed by atoms with Crippen molar-refractivity contribution in [2.45, 2.75) is 20.0 Å². The van der Waals surface area contributed by atoms with E-state index in [0.717, 1.165) is 27.0 Å². The average molecular weight is 420 g/mol. The van der Waals surface area contributed by atoms with Gasteiger partial charge >= 0.3 is 6.03 Å². The Balaban J connectivity index is 1.82. The fraction of sp³-hybridized carbons (Fsp3) is 0.190. The second-order valence-electron chi connectivity index (χ2n) is 6.59. The molecule has 4 aromatic rings. The molecule has 0 aliphatic heterocycles. The highest BCUT2D eigenvalue weighted by molar-refractivity contribution is 7.22. The van der Waals surface area contributed by atoms with Crippen molar-refractivity contribution < 1.29 is 9.90 Å². The summed E-state index contributed by atoms with van der Waals surface area (Å²) in [6.07, 6.45) is 4.25. The van der Waals surface area contributed by atoms with Gasteiger partial charge in [0.25, 0.3) is 0 Å². The maximum absolute atomic E-state index is 11.9. The summed E-state index contributed by atoms with van der Waals surface area (Å²) in [4.78, 5) is 29.7. The molecule has 0 spiro atoms. The maximum atomic E-state index is 11.9. The lowest BCUT2D eigenvalue weighted by Crippen LogP contribution is -2.28. The Labute approximate surface area is 177 Å². The van der Waals surface area contributed by atoms with Crippen LogP contribution in [-0.2, 0) is 0 Å². The van der Waals surface area contributed by atoms with E-state index in [9.17, 15) is 9.90 Å². The van der Waals surface area contributed by atoms with E-state index in [1.807, 2.05) is 37.3 Å². The molecular formula is C21H20N6O2S. The molecular weight excluding hydrogens is 400 g/mol. The Bertz CT molecular complexity index is 1180. The molecule has 9 heteroatoms. The lowest BCUT2D eigenvalue weighted by Gasteiger charge is -2.08. The highest BCUT2D eigenvalue weighted by Gasteiger charge is 2.16. The Morgan fingerprint density at radius 3 is 2.70 bits per heavy atom. The summed E-state index contributed by atoms with van der Waals surface area (Å²) >= 11 is 1.39. The molecule has 30 heavy (non-hydrogen) atoms. The number of aliphatic hydroxyl groups is 1. The van der Waals surface area contributed by atoms with Gasteiger partial charge in [-0.15, -0.1) is 0 Å². The second-order valence-corrected chi connectivity index (χ2v) is 7.59. The molecule has 1 aromatic carbocycles. The van der Waals surface area contributed by atoms with Crippen LogP contribution in [0.3, 0.4) is 0 Å². The summed E-state index contributed by atoms with van der Waals surface area (Å²) in [6, 6.07) is 9.32. The summed E-state index contributed by atoms with van der Waals surface area (Å²) in [5.41, 5.74) is 4.41. The fourth-order valence-electron chi connectivity index (χ4n) is 2.95. The first kappa shape index (κ1) is 19.9. The summed E-state index contributed by atoms with van der Waals surface area (Å²) in [5.74, 6) is 0. The van der Waals surface area contributed by atoms with Crippen LogP contribution in [0.15, 0.2) is 48.9 Å². The Hall–Kier alpha value is -3.43. The number of rotatable bonds is 5. The van der Waals surface area contributed by atoms with Crippen molar-refractivity contribution in [1.82, 2.24) is 25.3 Å². The first-order valence-corrected chi connectivity index (χ1v) is 10.3. The zero-order valence-electron chi connectivity index (χ0n) is 16.5. The molecule has 3 heterocycles. The van der Waals surface area contributed by atoms with E-state index in [2.05, 4.69) is 30.6 Å². The van der Waals surface area contributed by atoms with Crippen LogP contribution < -0.4 is 10.6 Å². The average Bonchev–Trinajstić information content (AvgIpc) is 3.16. The third-order valence-electron chi connectivity index (χ3n) is 4.38. The molecule has 0 bridgehead atoms. The van der Waals surface area contributed by atoms with Crippen molar-refractivity contribution >= 4 is 32.7 Å². The number of thiazole rings is 1. The van der Waals surface area contributed by atoms with Gasteiger partial charge in [0.05, 0.1) is 45.8 Å². The number of urea groups is 1. The SMILES string of the molecule is CCNC(=O)Nc1nc2cc(-c3cnc(C(C)O)cn3)cc(-c3ccccn3)c2s1. The number of anilines is 1. The number of carbonyl (C=O) groups excluding carboxylic acids is 1. The zero-order chi connectivity index (χ0) is 21.1. The highest BCUT2D eigenvalue weighted by atomic mass is 32.1. The van der Waals surface area contributed by atoms with Crippen LogP contribution in [0.1, 0.15) is 25.6 Å². The van der Waals surface area contributed by atoms with Crippen molar-refractivity contribution in [2.24, 2.45) is 0 Å². The van der Waals surface area contributed by atoms with Gasteiger partial charge in [0.1, 0.15) is 0 Å². The molecule has 3 N–H and O–H groups in total. The van der Waals surface area contributed by atoms with Gasteiger partial charge < -0.3 is 10.4 Å². The number of aliphatic hydroxyl groups excluding tert-OH is 1. The molecule has 2 amide bonds. The van der Waals surface area contributed by atoms with Crippen molar-refractivity contribution in [3.8, 4) is 22.5 Å². The number of nitrogens with one attached hydrogen (secondary N) is 2. The molecule has 0 fully saturated rings. The Kier molecular flexibility index (Phi) is 5.64. The van der Waals surface area contributed by atoms with Gasteiger partial charge in [0.15, 0.2) is 5.13 Å². The summed E-state index contributed by atoms with van der Waals surface area (Å²) in [6.45, 7) is 4.03. The number of hydrogen-bond donors (Lipinski definition) is 3. The van der Waals surface area contributed by atoms with Crippen molar-refractivity contribution in [3.05, 3.63) is 54.6 Å². The van der Waals surface area contributed by atoms with Crippen LogP contribution in [-0.4, -0.2) is 37.6 Å². The molecule has 1 atom stereocenters. The zero-order valence-corrected chi connectivity index (χ0v) is 17.3. The van der Waals surface area contributed by atoms with Crippen molar-refractivity contribution in [3.63, 3.8) is 0 Å². The predicted molar refractivity (Wildman–Crippen MR) is 117 cm³/mol. The van der Waals surface area contributed by atoms with Gasteiger partial charge in [-0.05, 0) is 38.1 Å². The summed E-state index contributed by atoms with van der Waals surface area (Å²) in [7, 11) is 0. The van der Waals surface area contributed by atoms with E-state index in [-0.39, 0.29) is 6.03 Å². The minimum absolute atomic E-state index is 0.296. The first-order valence-electron chi connectivity index (χ1n) is 9.46. The smallest absolute Gasteiger partial charge is 0.321 e. The van der Waals surface area contributed by atoms with E-state index in [4.69, 9.17) is 0 Å². The molecule has 0 radical (unpaired) electrons. The molecule has 3 aromatic heterocycles. The van der Waals surface area contributed by atoms with Crippen LogP contribution >= 0.6 is 11.3 Å². The number of pyridine rings is 1. The van der Waals surface area contributed by atoms with Gasteiger partial charge in [0.2, 0.25) is 0 Å². The van der Waals surface area contributed by atoms with Gasteiger partial charge in [0, 0.05) is 23.9 Å². The number of aromatic nitrogens is 4. The largest absolute Gasteiger partial charge is 0.387 e. The molecule has 0 aliphatic rings. The first-order chi connectivity index (χ1) is 14.5. The van der Waals surface area contributed by atoms with Crippen LogP contribution in [0.2, 0.25) is 0 Å². The van der Waals surface area contributed by atoms with Gasteiger partial charge in [-0.3, -0.25) is 20.3 Å². The monoisotopic (exact) mass is 420 g/mol. The number of fused-ring (bicyclic) bond motifs is 1. The number of hydrogen-bond acceptors (Lipinski definition) is 7. The lowest BCUT2D eigenvalue weighted by molar-refractivity contribution is 0.194. The van der Waals surface area contributed by atoms with Gasteiger partial charge in [-0.1, -0.05) is 17.4 Å². The Morgan fingerprint density at radius 1 is 1.17 bits per heavy atom. The second kappa shape index (κ2) is 8.52. The number of benzene rings is 1. The quantitative estimate of drug-likeness (QED) is 0.450. The standard InChI is InChI=1S/C21H20N6O2S/c1-3-22-20(29)27-21-26-16-9-13(18-11-24-17(10-25-18)12(2)28)8-14(19(16)30-21)15-6-4-5-7-23-15/h4-12,28H,3H2,1-2H3,(H2,22,26,27,29). The van der Waals surface area contributed by atoms with Crippen molar-refractivity contribution in [1.29, 1.82) is 0 Å². The van der Waals surface area contributed by atoms with Crippen LogP contribution in [0, 0.1) is 0 Å².